The van der Waals surface area contributed by atoms with Gasteiger partial charge in [-0.15, -0.1) is 0 Å². The van der Waals surface area contributed by atoms with E-state index in [2.05, 4.69) is 31.0 Å². The average Bonchev–Trinajstić information content (AvgIpc) is 2.35. The molecule has 0 aromatic rings. The van der Waals surface area contributed by atoms with Crippen LogP contribution in [0.3, 0.4) is 0 Å². The first-order valence-corrected chi connectivity index (χ1v) is 7.12. The summed E-state index contributed by atoms with van der Waals surface area (Å²) in [5.74, 6) is 1.46. The van der Waals surface area contributed by atoms with Gasteiger partial charge in [-0.25, -0.2) is 0 Å². The quantitative estimate of drug-likeness (QED) is 0.739. The minimum Gasteiger partial charge on any atom is -0.384 e. The molecule has 0 aromatic carbocycles. The van der Waals surface area contributed by atoms with Crippen LogP contribution in [0.15, 0.2) is 0 Å². The number of ether oxygens (including phenoxy) is 1. The lowest BCUT2D eigenvalue weighted by Gasteiger charge is -2.39. The Kier molecular flexibility index (Phi) is 7.09. The number of hydrogen-bond donors (Lipinski definition) is 1. The Morgan fingerprint density at radius 2 is 2.18 bits per heavy atom. The van der Waals surface area contributed by atoms with Crippen molar-refractivity contribution >= 4 is 0 Å². The van der Waals surface area contributed by atoms with Crippen LogP contribution in [-0.2, 0) is 4.74 Å². The molecule has 1 aliphatic rings. The number of rotatable bonds is 7. The molecule has 0 spiro atoms. The molecule has 0 saturated carbocycles. The molecule has 1 saturated heterocycles. The lowest BCUT2D eigenvalue weighted by Crippen LogP contribution is -2.46. The number of nitrogens with one attached hydrogen (secondary N) is 1. The summed E-state index contributed by atoms with van der Waals surface area (Å²) in [7, 11) is 1.82. The minimum absolute atomic E-state index is 0.675. The van der Waals surface area contributed by atoms with Gasteiger partial charge in [0.1, 0.15) is 0 Å². The molecule has 0 radical (unpaired) electrons. The fourth-order valence-electron chi connectivity index (χ4n) is 2.74. The molecular weight excluding hydrogens is 212 g/mol. The summed E-state index contributed by atoms with van der Waals surface area (Å²) in [5.41, 5.74) is 0. The topological polar surface area (TPSA) is 24.5 Å². The highest BCUT2D eigenvalue weighted by Gasteiger charge is 2.26. The van der Waals surface area contributed by atoms with E-state index in [1.54, 1.807) is 0 Å². The summed E-state index contributed by atoms with van der Waals surface area (Å²) in [6, 6.07) is 0.675. The largest absolute Gasteiger partial charge is 0.384 e. The molecule has 3 heteroatoms. The van der Waals surface area contributed by atoms with E-state index in [1.807, 2.05) is 7.11 Å². The molecule has 0 aromatic heterocycles. The van der Waals surface area contributed by atoms with Crippen molar-refractivity contribution in [3.8, 4) is 0 Å². The van der Waals surface area contributed by atoms with Gasteiger partial charge in [-0.2, -0.15) is 0 Å². The molecule has 0 aliphatic carbocycles. The van der Waals surface area contributed by atoms with Gasteiger partial charge in [-0.3, -0.25) is 4.90 Å². The first-order chi connectivity index (χ1) is 8.19. The molecule has 1 fully saturated rings. The van der Waals surface area contributed by atoms with E-state index >= 15 is 0 Å². The van der Waals surface area contributed by atoms with Gasteiger partial charge in [0.2, 0.25) is 0 Å². The normalized spacial score (nSPS) is 25.8. The Morgan fingerprint density at radius 1 is 1.41 bits per heavy atom. The van der Waals surface area contributed by atoms with E-state index in [1.165, 1.54) is 25.9 Å². The molecule has 0 amide bonds. The van der Waals surface area contributed by atoms with Crippen molar-refractivity contribution < 1.29 is 4.74 Å². The van der Waals surface area contributed by atoms with Gasteiger partial charge in [0.25, 0.3) is 0 Å². The Hall–Kier alpha value is -0.120. The monoisotopic (exact) mass is 242 g/mol. The fourth-order valence-corrected chi connectivity index (χ4v) is 2.74. The molecule has 1 heterocycles. The number of hydrogen-bond acceptors (Lipinski definition) is 3. The molecule has 1 rings (SSSR count). The van der Waals surface area contributed by atoms with Crippen molar-refractivity contribution in [2.75, 3.05) is 39.9 Å². The second-order valence-corrected chi connectivity index (χ2v) is 5.48. The highest BCUT2D eigenvalue weighted by Crippen LogP contribution is 2.21. The number of nitrogens with zero attached hydrogens (tertiary/aromatic N) is 1. The van der Waals surface area contributed by atoms with E-state index in [0.717, 1.165) is 31.5 Å². The number of likely N-dealkylation sites (tertiary alicyclic amines) is 1. The summed E-state index contributed by atoms with van der Waals surface area (Å²) in [5, 5.41) is 3.45. The molecule has 3 unspecified atom stereocenters. The fraction of sp³-hybridized carbons (Fsp3) is 1.00. The molecule has 17 heavy (non-hydrogen) atoms. The van der Waals surface area contributed by atoms with Crippen LogP contribution in [0, 0.1) is 11.8 Å². The van der Waals surface area contributed by atoms with E-state index in [9.17, 15) is 0 Å². The maximum absolute atomic E-state index is 5.30. The van der Waals surface area contributed by atoms with Crippen LogP contribution in [0.1, 0.15) is 33.6 Å². The van der Waals surface area contributed by atoms with E-state index < -0.39 is 0 Å². The zero-order valence-electron chi connectivity index (χ0n) is 12.0. The Morgan fingerprint density at radius 3 is 2.82 bits per heavy atom. The SMILES string of the molecule is CCNCC(C)C(C)N1CCCC(COC)C1. The van der Waals surface area contributed by atoms with Gasteiger partial charge in [-0.05, 0) is 51.2 Å². The summed E-state index contributed by atoms with van der Waals surface area (Å²) in [6.07, 6.45) is 2.66. The van der Waals surface area contributed by atoms with Crippen LogP contribution in [0.4, 0.5) is 0 Å². The summed E-state index contributed by atoms with van der Waals surface area (Å²) >= 11 is 0. The van der Waals surface area contributed by atoms with Gasteiger partial charge in [0.05, 0.1) is 6.61 Å². The number of methoxy groups -OCH3 is 1. The van der Waals surface area contributed by atoms with E-state index in [4.69, 9.17) is 4.74 Å². The van der Waals surface area contributed by atoms with Crippen molar-refractivity contribution in [1.82, 2.24) is 10.2 Å². The van der Waals surface area contributed by atoms with Crippen molar-refractivity contribution in [3.63, 3.8) is 0 Å². The first-order valence-electron chi connectivity index (χ1n) is 7.12. The average molecular weight is 242 g/mol. The van der Waals surface area contributed by atoms with Gasteiger partial charge in [0.15, 0.2) is 0 Å². The maximum atomic E-state index is 5.30. The standard InChI is InChI=1S/C14H30N2O/c1-5-15-9-12(2)13(3)16-8-6-7-14(10-16)11-17-4/h12-15H,5-11H2,1-4H3. The second kappa shape index (κ2) is 8.06. The zero-order chi connectivity index (χ0) is 12.7. The zero-order valence-corrected chi connectivity index (χ0v) is 12.0. The van der Waals surface area contributed by atoms with Crippen molar-refractivity contribution in [3.05, 3.63) is 0 Å². The van der Waals surface area contributed by atoms with Gasteiger partial charge < -0.3 is 10.1 Å². The van der Waals surface area contributed by atoms with Gasteiger partial charge >= 0.3 is 0 Å². The van der Waals surface area contributed by atoms with Crippen LogP contribution >= 0.6 is 0 Å². The molecule has 3 nitrogen and oxygen atoms in total. The lowest BCUT2D eigenvalue weighted by molar-refractivity contribution is 0.0580. The predicted octanol–water partition coefficient (Wildman–Crippen LogP) is 1.98. The van der Waals surface area contributed by atoms with Gasteiger partial charge in [-0.1, -0.05) is 13.8 Å². The molecular formula is C14H30N2O. The molecule has 1 N–H and O–H groups in total. The second-order valence-electron chi connectivity index (χ2n) is 5.48. The third-order valence-corrected chi connectivity index (χ3v) is 4.07. The lowest BCUT2D eigenvalue weighted by atomic mass is 9.94. The smallest absolute Gasteiger partial charge is 0.0502 e. The highest BCUT2D eigenvalue weighted by atomic mass is 16.5. The van der Waals surface area contributed by atoms with E-state index in [-0.39, 0.29) is 0 Å². The van der Waals surface area contributed by atoms with Crippen molar-refractivity contribution in [2.24, 2.45) is 11.8 Å². The Bertz CT molecular complexity index is 197. The van der Waals surface area contributed by atoms with Crippen LogP contribution in [-0.4, -0.2) is 50.8 Å². The molecule has 102 valence electrons. The van der Waals surface area contributed by atoms with E-state index in [0.29, 0.717) is 6.04 Å². The number of piperidine rings is 1. The third kappa shape index (κ3) is 4.94. The van der Waals surface area contributed by atoms with Crippen LogP contribution in [0.2, 0.25) is 0 Å². The minimum atomic E-state index is 0.675. The Balaban J connectivity index is 2.36. The van der Waals surface area contributed by atoms with Gasteiger partial charge in [0, 0.05) is 19.7 Å². The molecule has 0 bridgehead atoms. The maximum Gasteiger partial charge on any atom is 0.0502 e. The summed E-state index contributed by atoms with van der Waals surface area (Å²) in [4.78, 5) is 2.65. The van der Waals surface area contributed by atoms with Crippen molar-refractivity contribution in [2.45, 2.75) is 39.7 Å². The summed E-state index contributed by atoms with van der Waals surface area (Å²) in [6.45, 7) is 12.5. The first kappa shape index (κ1) is 14.9. The molecule has 3 atom stereocenters. The Labute approximate surface area is 107 Å². The predicted molar refractivity (Wildman–Crippen MR) is 73.3 cm³/mol. The van der Waals surface area contributed by atoms with Crippen LogP contribution < -0.4 is 5.32 Å². The van der Waals surface area contributed by atoms with Crippen LogP contribution in [0.5, 0.6) is 0 Å². The highest BCUT2D eigenvalue weighted by molar-refractivity contribution is 4.80. The third-order valence-electron chi connectivity index (χ3n) is 4.07. The summed E-state index contributed by atoms with van der Waals surface area (Å²) < 4.78 is 5.30. The van der Waals surface area contributed by atoms with Crippen molar-refractivity contribution in [1.29, 1.82) is 0 Å². The van der Waals surface area contributed by atoms with Crippen LogP contribution in [0.25, 0.3) is 0 Å². The molecule has 1 aliphatic heterocycles.